The molecule has 1 saturated heterocycles. The van der Waals surface area contributed by atoms with Crippen LogP contribution in [-0.4, -0.2) is 77.9 Å². The fraction of sp³-hybridized carbons (Fsp3) is 0.462. The van der Waals surface area contributed by atoms with Crippen molar-refractivity contribution < 1.29 is 38.8 Å². The van der Waals surface area contributed by atoms with Gasteiger partial charge in [0.2, 0.25) is 0 Å². The van der Waals surface area contributed by atoms with Gasteiger partial charge in [0, 0.05) is 0 Å². The first-order chi connectivity index (χ1) is 12.3. The van der Waals surface area contributed by atoms with Crippen molar-refractivity contribution in [3.8, 4) is 0 Å². The quantitative estimate of drug-likeness (QED) is 0.436. The molecule has 0 bridgehead atoms. The Bertz CT molecular complexity index is 831. The third-order valence-corrected chi connectivity index (χ3v) is 3.83. The van der Waals surface area contributed by atoms with Gasteiger partial charge in [-0.1, -0.05) is 0 Å². The number of carboxylic acids is 2. The number of halogens is 1. The minimum Gasteiger partial charge on any atom is -0.479 e. The molecule has 1 aliphatic heterocycles. The SMILES string of the molecule is Nc1ncnc2c1ncn2[C@@H]1O[C@H](COC(C(=O)O)C(=O)O)[C@@H](O)[C@@H]1F. The summed E-state index contributed by atoms with van der Waals surface area (Å²) in [6.45, 7) is -0.648. The van der Waals surface area contributed by atoms with Crippen LogP contribution in [0, 0.1) is 0 Å². The van der Waals surface area contributed by atoms with Crippen LogP contribution < -0.4 is 5.73 Å². The number of rotatable bonds is 6. The Morgan fingerprint density at radius 1 is 1.35 bits per heavy atom. The predicted octanol–water partition coefficient (Wildman–Crippen LogP) is -1.44. The van der Waals surface area contributed by atoms with Crippen molar-refractivity contribution in [1.29, 1.82) is 0 Å². The zero-order valence-corrected chi connectivity index (χ0v) is 13.0. The minimum absolute atomic E-state index is 0.0772. The van der Waals surface area contributed by atoms with Crippen LogP contribution in [0.1, 0.15) is 6.23 Å². The number of nitrogens with two attached hydrogens (primary N) is 1. The second-order valence-electron chi connectivity index (χ2n) is 5.47. The molecule has 4 atom stereocenters. The number of alkyl halides is 1. The molecule has 0 saturated carbocycles. The number of nitrogen functional groups attached to an aromatic ring is 1. The van der Waals surface area contributed by atoms with Crippen LogP contribution in [0.4, 0.5) is 10.2 Å². The van der Waals surface area contributed by atoms with E-state index in [1.165, 1.54) is 10.9 Å². The lowest BCUT2D eigenvalue weighted by molar-refractivity contribution is -0.170. The maximum atomic E-state index is 14.5. The van der Waals surface area contributed by atoms with Crippen molar-refractivity contribution in [1.82, 2.24) is 19.5 Å². The molecule has 5 N–H and O–H groups in total. The molecule has 13 heteroatoms. The largest absolute Gasteiger partial charge is 0.479 e. The summed E-state index contributed by atoms with van der Waals surface area (Å²) in [6, 6.07) is 0. The molecule has 0 amide bonds. The highest BCUT2D eigenvalue weighted by Gasteiger charge is 2.46. The van der Waals surface area contributed by atoms with Gasteiger partial charge in [0.1, 0.15) is 24.1 Å². The first-order valence-corrected chi connectivity index (χ1v) is 7.29. The Labute approximate surface area is 144 Å². The number of hydrogen-bond acceptors (Lipinski definition) is 9. The van der Waals surface area contributed by atoms with Gasteiger partial charge >= 0.3 is 11.9 Å². The van der Waals surface area contributed by atoms with Crippen molar-refractivity contribution >= 4 is 28.9 Å². The van der Waals surface area contributed by atoms with Crippen LogP contribution in [0.3, 0.4) is 0 Å². The molecular weight excluding hydrogens is 357 g/mol. The van der Waals surface area contributed by atoms with Gasteiger partial charge in [-0.3, -0.25) is 4.57 Å². The van der Waals surface area contributed by atoms with Crippen molar-refractivity contribution in [3.05, 3.63) is 12.7 Å². The Morgan fingerprint density at radius 3 is 2.69 bits per heavy atom. The molecule has 3 heterocycles. The Balaban J connectivity index is 1.78. The highest BCUT2D eigenvalue weighted by atomic mass is 19.1. The van der Waals surface area contributed by atoms with Gasteiger partial charge in [-0.2, -0.15) is 0 Å². The number of ether oxygens (including phenoxy) is 2. The van der Waals surface area contributed by atoms with Gasteiger partial charge in [0.05, 0.1) is 12.9 Å². The summed E-state index contributed by atoms with van der Waals surface area (Å²) < 4.78 is 25.8. The maximum Gasteiger partial charge on any atom is 0.344 e. The molecule has 2 aromatic heterocycles. The highest BCUT2D eigenvalue weighted by Crippen LogP contribution is 2.34. The summed E-state index contributed by atoms with van der Waals surface area (Å²) in [7, 11) is 0. The van der Waals surface area contributed by atoms with Gasteiger partial charge in [-0.15, -0.1) is 0 Å². The predicted molar refractivity (Wildman–Crippen MR) is 79.6 cm³/mol. The van der Waals surface area contributed by atoms with E-state index in [1.54, 1.807) is 0 Å². The molecule has 26 heavy (non-hydrogen) atoms. The van der Waals surface area contributed by atoms with Crippen LogP contribution >= 0.6 is 0 Å². The number of hydrogen-bond donors (Lipinski definition) is 4. The minimum atomic E-state index is -2.16. The number of anilines is 1. The van der Waals surface area contributed by atoms with Gasteiger partial charge in [0.15, 0.2) is 23.9 Å². The Hall–Kier alpha value is -2.90. The first kappa shape index (κ1) is 17.9. The third kappa shape index (κ3) is 3.02. The van der Waals surface area contributed by atoms with Crippen LogP contribution in [0.2, 0.25) is 0 Å². The summed E-state index contributed by atoms with van der Waals surface area (Å²) in [5.74, 6) is -3.38. The number of carboxylic acid groups (broad SMARTS) is 2. The van der Waals surface area contributed by atoms with Crippen molar-refractivity contribution in [2.45, 2.75) is 30.7 Å². The number of nitrogens with zero attached hydrogens (tertiary/aromatic N) is 4. The molecule has 0 aliphatic carbocycles. The summed E-state index contributed by atoms with van der Waals surface area (Å²) in [4.78, 5) is 33.3. The first-order valence-electron chi connectivity index (χ1n) is 7.29. The van der Waals surface area contributed by atoms with Gasteiger partial charge in [0.25, 0.3) is 6.10 Å². The molecule has 1 aliphatic rings. The molecule has 3 rings (SSSR count). The average Bonchev–Trinajstić information content (AvgIpc) is 3.11. The van der Waals surface area contributed by atoms with E-state index in [2.05, 4.69) is 15.0 Å². The van der Waals surface area contributed by atoms with Crippen LogP contribution in [0.15, 0.2) is 12.7 Å². The number of fused-ring (bicyclic) bond motifs is 1. The molecule has 2 aromatic rings. The zero-order chi connectivity index (χ0) is 19.0. The van der Waals surface area contributed by atoms with E-state index in [-0.39, 0.29) is 17.0 Å². The summed E-state index contributed by atoms with van der Waals surface area (Å²) in [5.41, 5.74) is 6.04. The lowest BCUT2D eigenvalue weighted by Gasteiger charge is -2.16. The fourth-order valence-electron chi connectivity index (χ4n) is 2.56. The maximum absolute atomic E-state index is 14.5. The van der Waals surface area contributed by atoms with E-state index < -0.39 is 49.3 Å². The van der Waals surface area contributed by atoms with Crippen molar-refractivity contribution in [2.24, 2.45) is 0 Å². The van der Waals surface area contributed by atoms with Gasteiger partial charge in [-0.05, 0) is 0 Å². The summed E-state index contributed by atoms with van der Waals surface area (Å²) >= 11 is 0. The van der Waals surface area contributed by atoms with Gasteiger partial charge < -0.3 is 30.5 Å². The lowest BCUT2D eigenvalue weighted by Crippen LogP contribution is -2.38. The lowest BCUT2D eigenvalue weighted by atomic mass is 10.1. The monoisotopic (exact) mass is 371 g/mol. The van der Waals surface area contributed by atoms with Gasteiger partial charge in [-0.25, -0.2) is 28.9 Å². The van der Waals surface area contributed by atoms with E-state index in [1.807, 2.05) is 0 Å². The number of aliphatic hydroxyl groups is 1. The number of aromatic nitrogens is 4. The number of carbonyl (C=O) groups is 2. The molecule has 1 fully saturated rings. The molecule has 0 radical (unpaired) electrons. The number of aliphatic carboxylic acids is 2. The van der Waals surface area contributed by atoms with Crippen LogP contribution in [-0.2, 0) is 19.1 Å². The average molecular weight is 371 g/mol. The molecule has 0 unspecified atom stereocenters. The molecule has 140 valence electrons. The highest BCUT2D eigenvalue weighted by molar-refractivity contribution is 5.96. The van der Waals surface area contributed by atoms with E-state index in [0.29, 0.717) is 0 Å². The Kier molecular flexibility index (Phi) is 4.67. The molecular formula is C13H14FN5O7. The molecule has 12 nitrogen and oxygen atoms in total. The normalized spacial score (nSPS) is 25.8. The topological polar surface area (TPSA) is 183 Å². The fourth-order valence-corrected chi connectivity index (χ4v) is 2.56. The van der Waals surface area contributed by atoms with E-state index in [4.69, 9.17) is 25.4 Å². The van der Waals surface area contributed by atoms with Crippen LogP contribution in [0.5, 0.6) is 0 Å². The summed E-state index contributed by atoms with van der Waals surface area (Å²) in [5, 5.41) is 27.5. The zero-order valence-electron chi connectivity index (χ0n) is 13.0. The number of aliphatic hydroxyl groups excluding tert-OH is 1. The van der Waals surface area contributed by atoms with Crippen molar-refractivity contribution in [2.75, 3.05) is 12.3 Å². The Morgan fingerprint density at radius 2 is 2.04 bits per heavy atom. The third-order valence-electron chi connectivity index (χ3n) is 3.83. The van der Waals surface area contributed by atoms with E-state index in [9.17, 15) is 19.1 Å². The molecule has 0 spiro atoms. The second kappa shape index (κ2) is 6.78. The second-order valence-corrected chi connectivity index (χ2v) is 5.47. The standard InChI is InChI=1S/C13H14FN5O7/c14-5-7(20)4(1-25-8(12(21)22)13(23)24)26-11(5)19-3-18-6-9(15)16-2-17-10(6)19/h2-5,7-8,11,20H,1H2,(H,21,22)(H,23,24)(H2,15,16,17)/t4-,5+,7-,11-/m1/s1. The van der Waals surface area contributed by atoms with Crippen molar-refractivity contribution in [3.63, 3.8) is 0 Å². The van der Waals surface area contributed by atoms with E-state index >= 15 is 0 Å². The van der Waals surface area contributed by atoms with Crippen LogP contribution in [0.25, 0.3) is 11.2 Å². The molecule has 0 aromatic carbocycles. The van der Waals surface area contributed by atoms with E-state index in [0.717, 1.165) is 6.33 Å². The number of imidazole rings is 1. The smallest absolute Gasteiger partial charge is 0.344 e. The summed E-state index contributed by atoms with van der Waals surface area (Å²) in [6.07, 6.45) is -6.05.